The summed E-state index contributed by atoms with van der Waals surface area (Å²) in [5.74, 6) is 1.09. The van der Waals surface area contributed by atoms with Gasteiger partial charge in [0.05, 0.1) is 31.7 Å². The fourth-order valence-corrected chi connectivity index (χ4v) is 1.51. The van der Waals surface area contributed by atoms with E-state index < -0.39 is 0 Å². The molecule has 0 aromatic carbocycles. The van der Waals surface area contributed by atoms with Gasteiger partial charge in [-0.3, -0.25) is 9.78 Å². The van der Waals surface area contributed by atoms with Crippen molar-refractivity contribution in [3.05, 3.63) is 40.6 Å². The summed E-state index contributed by atoms with van der Waals surface area (Å²) in [6, 6.07) is 2.94. The van der Waals surface area contributed by atoms with Gasteiger partial charge in [0.1, 0.15) is 5.82 Å². The van der Waals surface area contributed by atoms with Gasteiger partial charge in [-0.1, -0.05) is 0 Å². The van der Waals surface area contributed by atoms with E-state index in [4.69, 9.17) is 4.74 Å². The van der Waals surface area contributed by atoms with E-state index in [1.807, 2.05) is 6.92 Å². The Morgan fingerprint density at radius 2 is 2.16 bits per heavy atom. The number of methoxy groups -OCH3 is 1. The van der Waals surface area contributed by atoms with Gasteiger partial charge in [-0.25, -0.2) is 9.67 Å². The predicted molar refractivity (Wildman–Crippen MR) is 70.3 cm³/mol. The smallest absolute Gasteiger partial charge is 0.267 e. The molecular weight excluding hydrogens is 246 g/mol. The summed E-state index contributed by atoms with van der Waals surface area (Å²) in [5.41, 5.74) is 0.447. The minimum Gasteiger partial charge on any atom is -0.480 e. The lowest BCUT2D eigenvalue weighted by Gasteiger charge is -2.06. The summed E-state index contributed by atoms with van der Waals surface area (Å²) in [5, 5.41) is 7.09. The first kappa shape index (κ1) is 13.0. The summed E-state index contributed by atoms with van der Waals surface area (Å²) in [7, 11) is 1.50. The standard InChI is InChI=1S/C12H15N5O2/c1-3-13-10-7-14-9(6-15-10)8-17-12(18)5-4-11(16-17)19-2/h4-7H,3,8H2,1-2H3,(H,13,15). The maximum Gasteiger partial charge on any atom is 0.267 e. The highest BCUT2D eigenvalue weighted by molar-refractivity contribution is 5.30. The van der Waals surface area contributed by atoms with Crippen LogP contribution in [0.15, 0.2) is 29.3 Å². The average molecular weight is 261 g/mol. The summed E-state index contributed by atoms with van der Waals surface area (Å²) in [6.07, 6.45) is 3.25. The number of rotatable bonds is 5. The van der Waals surface area contributed by atoms with E-state index in [9.17, 15) is 4.79 Å². The van der Waals surface area contributed by atoms with Crippen LogP contribution in [0.5, 0.6) is 5.88 Å². The van der Waals surface area contributed by atoms with Crippen molar-refractivity contribution in [2.24, 2.45) is 0 Å². The molecule has 0 saturated carbocycles. The number of nitrogens with zero attached hydrogens (tertiary/aromatic N) is 4. The van der Waals surface area contributed by atoms with Crippen molar-refractivity contribution >= 4 is 5.82 Å². The molecule has 2 aromatic rings. The molecule has 1 N–H and O–H groups in total. The van der Waals surface area contributed by atoms with Crippen LogP contribution >= 0.6 is 0 Å². The first-order valence-electron chi connectivity index (χ1n) is 5.90. The number of anilines is 1. The predicted octanol–water partition coefficient (Wildman–Crippen LogP) is 0.522. The molecule has 0 radical (unpaired) electrons. The number of aromatic nitrogens is 4. The zero-order valence-electron chi connectivity index (χ0n) is 10.8. The number of hydrogen-bond donors (Lipinski definition) is 1. The zero-order chi connectivity index (χ0) is 13.7. The molecule has 0 aliphatic heterocycles. The Morgan fingerprint density at radius 3 is 2.79 bits per heavy atom. The molecule has 2 aromatic heterocycles. The van der Waals surface area contributed by atoms with Gasteiger partial charge < -0.3 is 10.1 Å². The van der Waals surface area contributed by atoms with Crippen molar-refractivity contribution in [3.8, 4) is 5.88 Å². The zero-order valence-corrected chi connectivity index (χ0v) is 10.8. The van der Waals surface area contributed by atoms with Gasteiger partial charge in [0.25, 0.3) is 5.56 Å². The molecule has 0 amide bonds. The van der Waals surface area contributed by atoms with Crippen LogP contribution in [0.3, 0.4) is 0 Å². The average Bonchev–Trinajstić information content (AvgIpc) is 2.44. The summed E-state index contributed by atoms with van der Waals surface area (Å²) >= 11 is 0. The molecule has 7 heteroatoms. The highest BCUT2D eigenvalue weighted by Crippen LogP contribution is 2.03. The molecule has 0 aliphatic carbocycles. The summed E-state index contributed by atoms with van der Waals surface area (Å²) in [4.78, 5) is 20.1. The third kappa shape index (κ3) is 3.27. The van der Waals surface area contributed by atoms with Crippen molar-refractivity contribution in [2.45, 2.75) is 13.5 Å². The molecule has 2 heterocycles. The normalized spacial score (nSPS) is 10.2. The fourth-order valence-electron chi connectivity index (χ4n) is 1.51. The molecule has 0 saturated heterocycles. The van der Waals surface area contributed by atoms with Gasteiger partial charge in [-0.15, -0.1) is 5.10 Å². The quantitative estimate of drug-likeness (QED) is 0.845. The van der Waals surface area contributed by atoms with Crippen molar-refractivity contribution < 1.29 is 4.74 Å². The molecule has 100 valence electrons. The third-order valence-corrected chi connectivity index (χ3v) is 2.43. The summed E-state index contributed by atoms with van der Waals surface area (Å²) < 4.78 is 6.27. The molecular formula is C12H15N5O2. The molecule has 19 heavy (non-hydrogen) atoms. The van der Waals surface area contributed by atoms with Crippen molar-refractivity contribution in [3.63, 3.8) is 0 Å². The van der Waals surface area contributed by atoms with E-state index in [1.165, 1.54) is 23.9 Å². The summed E-state index contributed by atoms with van der Waals surface area (Å²) in [6.45, 7) is 3.02. The second-order valence-electron chi connectivity index (χ2n) is 3.79. The van der Waals surface area contributed by atoms with Gasteiger partial charge >= 0.3 is 0 Å². The van der Waals surface area contributed by atoms with Crippen LogP contribution in [0.4, 0.5) is 5.82 Å². The molecule has 0 atom stereocenters. The SMILES string of the molecule is CCNc1cnc(Cn2nc(OC)ccc2=O)cn1. The molecule has 0 bridgehead atoms. The van der Waals surface area contributed by atoms with Gasteiger partial charge in [0.15, 0.2) is 0 Å². The lowest BCUT2D eigenvalue weighted by Crippen LogP contribution is -2.23. The lowest BCUT2D eigenvalue weighted by atomic mass is 10.4. The molecule has 7 nitrogen and oxygen atoms in total. The van der Waals surface area contributed by atoms with Gasteiger partial charge in [-0.2, -0.15) is 0 Å². The van der Waals surface area contributed by atoms with E-state index in [0.717, 1.165) is 6.54 Å². The molecule has 2 rings (SSSR count). The van der Waals surface area contributed by atoms with Crippen molar-refractivity contribution in [2.75, 3.05) is 19.0 Å². The van der Waals surface area contributed by atoms with E-state index >= 15 is 0 Å². The Morgan fingerprint density at radius 1 is 1.32 bits per heavy atom. The van der Waals surface area contributed by atoms with Crippen LogP contribution in [-0.2, 0) is 6.54 Å². The number of ether oxygens (including phenoxy) is 1. The van der Waals surface area contributed by atoms with Crippen molar-refractivity contribution in [1.29, 1.82) is 0 Å². The highest BCUT2D eigenvalue weighted by atomic mass is 16.5. The molecule has 0 fully saturated rings. The molecule has 0 aliphatic rings. The first-order valence-corrected chi connectivity index (χ1v) is 5.90. The van der Waals surface area contributed by atoms with Gasteiger partial charge in [0.2, 0.25) is 5.88 Å². The number of nitrogens with one attached hydrogen (secondary N) is 1. The minimum atomic E-state index is -0.210. The Balaban J connectivity index is 2.18. The lowest BCUT2D eigenvalue weighted by molar-refractivity contribution is 0.378. The van der Waals surface area contributed by atoms with Gasteiger partial charge in [-0.05, 0) is 6.92 Å². The minimum absolute atomic E-state index is 0.210. The van der Waals surface area contributed by atoms with E-state index in [1.54, 1.807) is 12.4 Å². The van der Waals surface area contributed by atoms with Crippen LogP contribution in [0.25, 0.3) is 0 Å². The van der Waals surface area contributed by atoms with Crippen LogP contribution in [0, 0.1) is 0 Å². The maximum absolute atomic E-state index is 11.6. The third-order valence-electron chi connectivity index (χ3n) is 2.43. The second-order valence-corrected chi connectivity index (χ2v) is 3.79. The van der Waals surface area contributed by atoms with E-state index in [2.05, 4.69) is 20.4 Å². The molecule has 0 unspecified atom stereocenters. The molecule has 0 spiro atoms. The van der Waals surface area contributed by atoms with Crippen LogP contribution in [0.1, 0.15) is 12.6 Å². The first-order chi connectivity index (χ1) is 9.22. The maximum atomic E-state index is 11.6. The Kier molecular flexibility index (Phi) is 4.07. The Labute approximate surface area is 110 Å². The largest absolute Gasteiger partial charge is 0.480 e. The van der Waals surface area contributed by atoms with Crippen molar-refractivity contribution in [1.82, 2.24) is 19.7 Å². The fraction of sp³-hybridized carbons (Fsp3) is 0.333. The highest BCUT2D eigenvalue weighted by Gasteiger charge is 2.03. The van der Waals surface area contributed by atoms with E-state index in [0.29, 0.717) is 17.4 Å². The van der Waals surface area contributed by atoms with Gasteiger partial charge in [0, 0.05) is 18.7 Å². The monoisotopic (exact) mass is 261 g/mol. The second kappa shape index (κ2) is 5.94. The number of hydrogen-bond acceptors (Lipinski definition) is 6. The van der Waals surface area contributed by atoms with Crippen LogP contribution < -0.4 is 15.6 Å². The van der Waals surface area contributed by atoms with E-state index in [-0.39, 0.29) is 12.1 Å². The Hall–Kier alpha value is -2.44. The van der Waals surface area contributed by atoms with Crippen LogP contribution in [0.2, 0.25) is 0 Å². The van der Waals surface area contributed by atoms with Crippen LogP contribution in [-0.4, -0.2) is 33.4 Å². The Bertz CT molecular complexity index is 594. The topological polar surface area (TPSA) is 81.9 Å².